The van der Waals surface area contributed by atoms with E-state index < -0.39 is 5.82 Å². The van der Waals surface area contributed by atoms with Gasteiger partial charge in [0.1, 0.15) is 23.3 Å². The number of hydrogen-bond acceptors (Lipinski definition) is 6. The highest BCUT2D eigenvalue weighted by atomic mass is 35.5. The third kappa shape index (κ3) is 4.06. The second-order valence-electron chi connectivity index (χ2n) is 6.58. The van der Waals surface area contributed by atoms with Crippen LogP contribution in [0.2, 0.25) is 5.02 Å². The van der Waals surface area contributed by atoms with Crippen LogP contribution in [-0.4, -0.2) is 29.8 Å². The molecule has 1 aromatic carbocycles. The van der Waals surface area contributed by atoms with Gasteiger partial charge < -0.3 is 0 Å². The molecule has 3 heterocycles. The zero-order chi connectivity index (χ0) is 22.0. The first-order valence-electron chi connectivity index (χ1n) is 9.32. The van der Waals surface area contributed by atoms with E-state index in [9.17, 15) is 9.18 Å². The summed E-state index contributed by atoms with van der Waals surface area (Å²) in [5.41, 5.74) is 1.92. The van der Waals surface area contributed by atoms with Gasteiger partial charge in [0.15, 0.2) is 0 Å². The quantitative estimate of drug-likeness (QED) is 0.476. The van der Waals surface area contributed by atoms with E-state index >= 15 is 0 Å². The minimum atomic E-state index is -0.531. The van der Waals surface area contributed by atoms with Crippen LogP contribution in [0.15, 0.2) is 53.5 Å². The van der Waals surface area contributed by atoms with Gasteiger partial charge in [-0.1, -0.05) is 22.9 Å². The van der Waals surface area contributed by atoms with E-state index in [1.807, 2.05) is 13.0 Å². The lowest BCUT2D eigenvalue weighted by atomic mass is 10.1. The van der Waals surface area contributed by atoms with Crippen molar-refractivity contribution in [1.29, 1.82) is 5.26 Å². The Morgan fingerprint density at radius 3 is 2.74 bits per heavy atom. The molecule has 0 aliphatic carbocycles. The topological polar surface area (TPSA) is 102 Å². The second-order valence-corrected chi connectivity index (χ2v) is 7.02. The van der Waals surface area contributed by atoms with Crippen LogP contribution in [0, 0.1) is 17.1 Å². The molecule has 0 unspecified atom stereocenters. The maximum absolute atomic E-state index is 14.5. The summed E-state index contributed by atoms with van der Waals surface area (Å²) in [5, 5.41) is 21.7. The van der Waals surface area contributed by atoms with Crippen LogP contribution in [0.4, 0.5) is 4.39 Å². The van der Waals surface area contributed by atoms with Gasteiger partial charge in [-0.25, -0.2) is 18.7 Å². The Bertz CT molecular complexity index is 1370. The van der Waals surface area contributed by atoms with Crippen LogP contribution in [0.3, 0.4) is 0 Å². The highest BCUT2D eigenvalue weighted by molar-refractivity contribution is 6.30. The first-order chi connectivity index (χ1) is 15.0. The van der Waals surface area contributed by atoms with Crippen molar-refractivity contribution in [2.24, 2.45) is 0 Å². The van der Waals surface area contributed by atoms with E-state index in [2.05, 4.69) is 20.4 Å². The van der Waals surface area contributed by atoms with Gasteiger partial charge in [0.05, 0.1) is 24.1 Å². The van der Waals surface area contributed by atoms with Crippen molar-refractivity contribution in [3.8, 4) is 28.6 Å². The number of nitriles is 1. The van der Waals surface area contributed by atoms with Gasteiger partial charge in [-0.05, 0) is 37.3 Å². The number of aromatic nitrogens is 6. The van der Waals surface area contributed by atoms with E-state index in [0.29, 0.717) is 29.2 Å². The monoisotopic (exact) mass is 435 g/mol. The predicted molar refractivity (Wildman–Crippen MR) is 112 cm³/mol. The summed E-state index contributed by atoms with van der Waals surface area (Å²) in [4.78, 5) is 16.9. The molecule has 154 valence electrons. The predicted octanol–water partition coefficient (Wildman–Crippen LogP) is 3.30. The zero-order valence-corrected chi connectivity index (χ0v) is 17.1. The highest BCUT2D eigenvalue weighted by Crippen LogP contribution is 2.27. The molecule has 0 aliphatic rings. The first kappa shape index (κ1) is 20.4. The molecule has 0 amide bonds. The lowest BCUT2D eigenvalue weighted by molar-refractivity contribution is 0.551. The SMILES string of the molecule is CCn1nnc(-c2ccc(Cl)cc2F)c1Cn1ncc(-c2cccc(C#N)n2)cc1=O. The Morgan fingerprint density at radius 2 is 2.03 bits per heavy atom. The minimum absolute atomic E-state index is 0.0447. The molecule has 0 spiro atoms. The van der Waals surface area contributed by atoms with Crippen molar-refractivity contribution in [1.82, 2.24) is 29.8 Å². The molecule has 0 saturated carbocycles. The van der Waals surface area contributed by atoms with Crippen molar-refractivity contribution in [3.63, 3.8) is 0 Å². The molecular formula is C21H15ClFN7O. The van der Waals surface area contributed by atoms with Crippen molar-refractivity contribution in [2.75, 3.05) is 0 Å². The van der Waals surface area contributed by atoms with Crippen LogP contribution < -0.4 is 5.56 Å². The summed E-state index contributed by atoms with van der Waals surface area (Å²) >= 11 is 5.85. The molecule has 0 radical (unpaired) electrons. The number of hydrogen-bond donors (Lipinski definition) is 0. The number of pyridine rings is 1. The van der Waals surface area contributed by atoms with Crippen LogP contribution >= 0.6 is 11.6 Å². The maximum Gasteiger partial charge on any atom is 0.267 e. The highest BCUT2D eigenvalue weighted by Gasteiger charge is 2.19. The minimum Gasteiger partial charge on any atom is -0.268 e. The average molecular weight is 436 g/mol. The Morgan fingerprint density at radius 1 is 1.19 bits per heavy atom. The van der Waals surface area contributed by atoms with E-state index in [0.717, 1.165) is 0 Å². The van der Waals surface area contributed by atoms with Crippen LogP contribution in [0.25, 0.3) is 22.5 Å². The van der Waals surface area contributed by atoms with Gasteiger partial charge >= 0.3 is 0 Å². The molecule has 31 heavy (non-hydrogen) atoms. The molecular weight excluding hydrogens is 421 g/mol. The third-order valence-corrected chi connectivity index (χ3v) is 4.89. The molecule has 0 bridgehead atoms. The second kappa shape index (κ2) is 8.45. The molecule has 0 atom stereocenters. The molecule has 0 fully saturated rings. The fourth-order valence-corrected chi connectivity index (χ4v) is 3.28. The molecule has 3 aromatic heterocycles. The van der Waals surface area contributed by atoms with Gasteiger partial charge in [-0.3, -0.25) is 4.79 Å². The fourth-order valence-electron chi connectivity index (χ4n) is 3.13. The Hall–Kier alpha value is -3.90. The molecule has 8 nitrogen and oxygen atoms in total. The third-order valence-electron chi connectivity index (χ3n) is 4.65. The van der Waals surface area contributed by atoms with E-state index in [-0.39, 0.29) is 28.4 Å². The maximum atomic E-state index is 14.5. The van der Waals surface area contributed by atoms with Crippen molar-refractivity contribution in [3.05, 3.63) is 81.2 Å². The molecule has 0 aliphatic heterocycles. The lowest BCUT2D eigenvalue weighted by Crippen LogP contribution is -2.24. The van der Waals surface area contributed by atoms with E-state index in [1.165, 1.54) is 29.1 Å². The van der Waals surface area contributed by atoms with E-state index in [1.54, 1.807) is 28.9 Å². The van der Waals surface area contributed by atoms with Gasteiger partial charge in [0.25, 0.3) is 5.56 Å². The summed E-state index contributed by atoms with van der Waals surface area (Å²) in [7, 11) is 0. The molecule has 4 rings (SSSR count). The van der Waals surface area contributed by atoms with Gasteiger partial charge in [0.2, 0.25) is 0 Å². The number of aryl methyl sites for hydroxylation is 1. The molecule has 0 N–H and O–H groups in total. The summed E-state index contributed by atoms with van der Waals surface area (Å²) < 4.78 is 17.3. The van der Waals surface area contributed by atoms with Gasteiger partial charge in [-0.2, -0.15) is 10.4 Å². The van der Waals surface area contributed by atoms with Crippen molar-refractivity contribution in [2.45, 2.75) is 20.0 Å². The summed E-state index contributed by atoms with van der Waals surface area (Å²) in [6.07, 6.45) is 1.49. The average Bonchev–Trinajstić information content (AvgIpc) is 3.17. The van der Waals surface area contributed by atoms with Crippen molar-refractivity contribution < 1.29 is 4.39 Å². The molecule has 4 aromatic rings. The fraction of sp³-hybridized carbons (Fsp3) is 0.143. The Balaban J connectivity index is 1.72. The van der Waals surface area contributed by atoms with Crippen LogP contribution in [-0.2, 0) is 13.1 Å². The number of nitrogens with zero attached hydrogens (tertiary/aromatic N) is 7. The van der Waals surface area contributed by atoms with Crippen LogP contribution in [0.1, 0.15) is 18.3 Å². The standard InChI is InChI=1S/C21H15ClFN7O/c1-2-29-19(21(27-28-29)16-7-6-14(22)9-17(16)23)12-30-20(31)8-13(11-25-30)18-5-3-4-15(10-24)26-18/h3-9,11H,2,12H2,1H3. The van der Waals surface area contributed by atoms with E-state index in [4.69, 9.17) is 16.9 Å². The Labute approximate surface area is 181 Å². The van der Waals surface area contributed by atoms with Gasteiger partial charge in [-0.15, -0.1) is 5.10 Å². The number of benzene rings is 1. The zero-order valence-electron chi connectivity index (χ0n) is 16.3. The molecule has 10 heteroatoms. The Kier molecular flexibility index (Phi) is 5.56. The number of rotatable bonds is 5. The first-order valence-corrected chi connectivity index (χ1v) is 9.70. The summed E-state index contributed by atoms with van der Waals surface area (Å²) in [5.74, 6) is -0.531. The normalized spacial score (nSPS) is 10.8. The number of halogens is 2. The largest absolute Gasteiger partial charge is 0.268 e. The molecule has 0 saturated heterocycles. The lowest BCUT2D eigenvalue weighted by Gasteiger charge is -2.09. The summed E-state index contributed by atoms with van der Waals surface area (Å²) in [6, 6.07) is 12.6. The van der Waals surface area contributed by atoms with Gasteiger partial charge in [0, 0.05) is 28.8 Å². The summed E-state index contributed by atoms with van der Waals surface area (Å²) in [6.45, 7) is 2.39. The van der Waals surface area contributed by atoms with Crippen LogP contribution in [0.5, 0.6) is 0 Å². The smallest absolute Gasteiger partial charge is 0.267 e. The van der Waals surface area contributed by atoms with Crippen molar-refractivity contribution >= 4 is 11.6 Å².